The van der Waals surface area contributed by atoms with Crippen molar-refractivity contribution in [2.24, 2.45) is 7.05 Å². The van der Waals surface area contributed by atoms with Crippen LogP contribution >= 0.6 is 11.3 Å². The molecule has 0 radical (unpaired) electrons. The summed E-state index contributed by atoms with van der Waals surface area (Å²) in [5.41, 5.74) is 5.45. The smallest absolute Gasteiger partial charge is 0.338 e. The molecule has 0 spiro atoms. The van der Waals surface area contributed by atoms with Crippen LogP contribution in [0.15, 0.2) is 29.8 Å². The number of Topliss-reactive ketones (excluding diaryl/α,β-unsaturated/α-hetero) is 1. The molecule has 0 amide bonds. The van der Waals surface area contributed by atoms with Gasteiger partial charge in [-0.15, -0.1) is 11.3 Å². The lowest BCUT2D eigenvalue weighted by atomic mass is 10.1. The molecule has 0 N–H and O–H groups in total. The first-order valence-electron chi connectivity index (χ1n) is 7.14. The summed E-state index contributed by atoms with van der Waals surface area (Å²) in [7, 11) is 1.90. The molecule has 0 bridgehead atoms. The number of nitrogens with zero attached hydrogens (tertiary/aromatic N) is 2. The third kappa shape index (κ3) is 2.90. The Balaban J connectivity index is 1.70. The molecule has 5 nitrogen and oxygen atoms in total. The van der Waals surface area contributed by atoms with Gasteiger partial charge in [-0.2, -0.15) is 0 Å². The van der Waals surface area contributed by atoms with Crippen LogP contribution in [0.4, 0.5) is 0 Å². The Bertz CT molecular complexity index is 908. The molecule has 23 heavy (non-hydrogen) atoms. The summed E-state index contributed by atoms with van der Waals surface area (Å²) in [4.78, 5) is 28.5. The van der Waals surface area contributed by atoms with Gasteiger partial charge in [0.15, 0.2) is 6.61 Å². The number of aromatic nitrogens is 2. The first-order chi connectivity index (χ1) is 11.0. The van der Waals surface area contributed by atoms with Gasteiger partial charge in [0.2, 0.25) is 5.78 Å². The molecule has 3 rings (SSSR count). The minimum atomic E-state index is -0.501. The van der Waals surface area contributed by atoms with Gasteiger partial charge in [0.25, 0.3) is 0 Å². The maximum atomic E-state index is 12.2. The fraction of sp³-hybridized carbons (Fsp3) is 0.235. The molecule has 2 aromatic heterocycles. The van der Waals surface area contributed by atoms with Crippen LogP contribution in [0.5, 0.6) is 0 Å². The number of carbonyl (C=O) groups excluding carboxylic acids is 2. The molecule has 0 saturated carbocycles. The molecule has 2 heterocycles. The zero-order valence-corrected chi connectivity index (χ0v) is 13.9. The molecule has 118 valence electrons. The molecule has 6 heteroatoms. The highest BCUT2D eigenvalue weighted by Gasteiger charge is 2.17. The Kier molecular flexibility index (Phi) is 4.00. The van der Waals surface area contributed by atoms with Crippen LogP contribution < -0.4 is 0 Å². The van der Waals surface area contributed by atoms with Gasteiger partial charge in [0, 0.05) is 24.0 Å². The third-order valence-corrected chi connectivity index (χ3v) is 4.77. The lowest BCUT2D eigenvalue weighted by Gasteiger charge is -2.05. The van der Waals surface area contributed by atoms with Crippen LogP contribution in [0.1, 0.15) is 32.1 Å². The number of esters is 1. The molecule has 0 saturated heterocycles. The van der Waals surface area contributed by atoms with E-state index in [9.17, 15) is 9.59 Å². The van der Waals surface area contributed by atoms with E-state index in [1.54, 1.807) is 23.7 Å². The van der Waals surface area contributed by atoms with Crippen molar-refractivity contribution in [3.63, 3.8) is 0 Å². The number of rotatable bonds is 4. The van der Waals surface area contributed by atoms with E-state index in [0.717, 1.165) is 21.6 Å². The SMILES string of the molecule is Cc1cc(C(=O)COC(=O)c2ccc3ncsc3c2)c(C)n1C. The first-order valence-corrected chi connectivity index (χ1v) is 8.02. The van der Waals surface area contributed by atoms with E-state index in [2.05, 4.69) is 4.98 Å². The van der Waals surface area contributed by atoms with Crippen molar-refractivity contribution in [1.82, 2.24) is 9.55 Å². The molecule has 0 atom stereocenters. The van der Waals surface area contributed by atoms with Gasteiger partial charge in [-0.05, 0) is 38.1 Å². The average molecular weight is 328 g/mol. The fourth-order valence-corrected chi connectivity index (χ4v) is 3.13. The van der Waals surface area contributed by atoms with E-state index in [-0.39, 0.29) is 12.4 Å². The second-order valence-electron chi connectivity index (χ2n) is 5.38. The number of hydrogen-bond donors (Lipinski definition) is 0. The van der Waals surface area contributed by atoms with Crippen molar-refractivity contribution in [1.29, 1.82) is 0 Å². The maximum Gasteiger partial charge on any atom is 0.338 e. The minimum absolute atomic E-state index is 0.196. The van der Waals surface area contributed by atoms with Gasteiger partial charge >= 0.3 is 5.97 Å². The molecular formula is C17H16N2O3S. The molecule has 0 unspecified atom stereocenters. The van der Waals surface area contributed by atoms with Crippen LogP contribution in [0.3, 0.4) is 0 Å². The molecule has 1 aromatic carbocycles. The van der Waals surface area contributed by atoms with Crippen molar-refractivity contribution < 1.29 is 14.3 Å². The molecule has 0 fully saturated rings. The molecule has 3 aromatic rings. The summed E-state index contributed by atoms with van der Waals surface area (Å²) in [6.07, 6.45) is 0. The molecule has 0 aliphatic carbocycles. The van der Waals surface area contributed by atoms with Crippen molar-refractivity contribution in [3.8, 4) is 0 Å². The van der Waals surface area contributed by atoms with E-state index in [1.807, 2.05) is 31.5 Å². The Morgan fingerprint density at radius 2 is 2.04 bits per heavy atom. The number of ketones is 1. The van der Waals surface area contributed by atoms with Gasteiger partial charge in [0.05, 0.1) is 21.3 Å². The number of hydrogen-bond acceptors (Lipinski definition) is 5. The number of ether oxygens (including phenoxy) is 1. The van der Waals surface area contributed by atoms with E-state index in [0.29, 0.717) is 11.1 Å². The summed E-state index contributed by atoms with van der Waals surface area (Å²) >= 11 is 1.46. The highest BCUT2D eigenvalue weighted by molar-refractivity contribution is 7.16. The lowest BCUT2D eigenvalue weighted by molar-refractivity contribution is 0.0474. The number of fused-ring (bicyclic) bond motifs is 1. The summed E-state index contributed by atoms with van der Waals surface area (Å²) in [5, 5.41) is 0. The topological polar surface area (TPSA) is 61.2 Å². The molecule has 0 aliphatic heterocycles. The van der Waals surface area contributed by atoms with Crippen molar-refractivity contribution in [2.75, 3.05) is 6.61 Å². The Morgan fingerprint density at radius 1 is 1.26 bits per heavy atom. The quantitative estimate of drug-likeness (QED) is 0.545. The summed E-state index contributed by atoms with van der Waals surface area (Å²) < 4.78 is 8.01. The van der Waals surface area contributed by atoms with Gasteiger partial charge in [-0.1, -0.05) is 0 Å². The van der Waals surface area contributed by atoms with E-state index < -0.39 is 5.97 Å². The summed E-state index contributed by atoms with van der Waals surface area (Å²) in [6, 6.07) is 6.98. The maximum absolute atomic E-state index is 12.2. The summed E-state index contributed by atoms with van der Waals surface area (Å²) in [6.45, 7) is 3.55. The summed E-state index contributed by atoms with van der Waals surface area (Å²) in [5.74, 6) is -0.697. The van der Waals surface area contributed by atoms with Crippen LogP contribution in [0.25, 0.3) is 10.2 Å². The standard InChI is InChI=1S/C17H16N2O3S/c1-10-6-13(11(2)19(10)3)15(20)8-22-17(21)12-4-5-14-16(7-12)23-9-18-14/h4-7,9H,8H2,1-3H3. The second-order valence-corrected chi connectivity index (χ2v) is 6.26. The van der Waals surface area contributed by atoms with E-state index in [1.165, 1.54) is 11.3 Å². The number of benzene rings is 1. The molecular weight excluding hydrogens is 312 g/mol. The van der Waals surface area contributed by atoms with Gasteiger partial charge in [-0.25, -0.2) is 9.78 Å². The Morgan fingerprint density at radius 3 is 2.74 bits per heavy atom. The van der Waals surface area contributed by atoms with Crippen molar-refractivity contribution >= 4 is 33.3 Å². The minimum Gasteiger partial charge on any atom is -0.454 e. The first kappa shape index (κ1) is 15.4. The van der Waals surface area contributed by atoms with Crippen LogP contribution in [0.2, 0.25) is 0 Å². The lowest BCUT2D eigenvalue weighted by Crippen LogP contribution is -2.14. The van der Waals surface area contributed by atoms with E-state index >= 15 is 0 Å². The predicted molar refractivity (Wildman–Crippen MR) is 89.1 cm³/mol. The number of aryl methyl sites for hydroxylation is 1. The van der Waals surface area contributed by atoms with Gasteiger partial charge in [0.1, 0.15) is 0 Å². The Hall–Kier alpha value is -2.47. The van der Waals surface area contributed by atoms with Crippen molar-refractivity contribution in [2.45, 2.75) is 13.8 Å². The fourth-order valence-electron chi connectivity index (χ4n) is 2.41. The average Bonchev–Trinajstić information content (AvgIpc) is 3.11. The van der Waals surface area contributed by atoms with Crippen LogP contribution in [-0.4, -0.2) is 27.9 Å². The largest absolute Gasteiger partial charge is 0.454 e. The monoisotopic (exact) mass is 328 g/mol. The number of carbonyl (C=O) groups is 2. The third-order valence-electron chi connectivity index (χ3n) is 3.98. The second kappa shape index (κ2) is 5.96. The normalized spacial score (nSPS) is 10.9. The zero-order chi connectivity index (χ0) is 16.6. The van der Waals surface area contributed by atoms with Crippen molar-refractivity contribution in [3.05, 3.63) is 52.3 Å². The predicted octanol–water partition coefficient (Wildman–Crippen LogP) is 3.29. The van der Waals surface area contributed by atoms with Crippen LogP contribution in [0, 0.1) is 13.8 Å². The number of thiazole rings is 1. The zero-order valence-electron chi connectivity index (χ0n) is 13.1. The highest BCUT2D eigenvalue weighted by Crippen LogP contribution is 2.20. The van der Waals surface area contributed by atoms with Crippen LogP contribution in [-0.2, 0) is 11.8 Å². The van der Waals surface area contributed by atoms with Gasteiger partial charge in [-0.3, -0.25) is 4.79 Å². The van der Waals surface area contributed by atoms with Gasteiger partial charge < -0.3 is 9.30 Å². The highest BCUT2D eigenvalue weighted by atomic mass is 32.1. The molecule has 0 aliphatic rings. The van der Waals surface area contributed by atoms with E-state index in [4.69, 9.17) is 4.74 Å². The Labute approximate surface area is 137 Å².